The van der Waals surface area contributed by atoms with E-state index in [1.165, 1.54) is 12.1 Å². The summed E-state index contributed by atoms with van der Waals surface area (Å²) < 4.78 is 53.2. The summed E-state index contributed by atoms with van der Waals surface area (Å²) in [5.74, 6) is 0.778. The minimum Gasteiger partial charge on any atom is -0.271 e. The van der Waals surface area contributed by atoms with Crippen LogP contribution in [0.1, 0.15) is 17.2 Å². The molecule has 0 saturated heterocycles. The maximum Gasteiger partial charge on any atom is 0.194 e. The number of nitrogens with one attached hydrogen (secondary N) is 1. The Labute approximate surface area is 127 Å². The zero-order chi connectivity index (χ0) is 15.6. The van der Waals surface area contributed by atoms with Crippen molar-refractivity contribution < 1.29 is 17.6 Å². The van der Waals surface area contributed by atoms with E-state index in [9.17, 15) is 17.6 Å². The Morgan fingerprint density at radius 2 is 1.67 bits per heavy atom. The first kappa shape index (κ1) is 15.9. The highest BCUT2D eigenvalue weighted by Crippen LogP contribution is 2.27. The third kappa shape index (κ3) is 3.42. The van der Waals surface area contributed by atoms with Crippen LogP contribution in [-0.2, 0) is 6.42 Å². The lowest BCUT2D eigenvalue weighted by molar-refractivity contribution is 0.439. The molecule has 0 aliphatic carbocycles. The lowest BCUT2D eigenvalue weighted by Gasteiger charge is -2.18. The Kier molecular flexibility index (Phi) is 4.97. The number of hydrazine groups is 1. The Hall–Kier alpha value is -1.44. The monoisotopic (exact) mass is 362 g/mol. The van der Waals surface area contributed by atoms with Gasteiger partial charge in [-0.2, -0.15) is 0 Å². The van der Waals surface area contributed by atoms with Crippen LogP contribution in [0.5, 0.6) is 0 Å². The first-order valence-corrected chi connectivity index (χ1v) is 6.76. The fourth-order valence-electron chi connectivity index (χ4n) is 1.98. The highest BCUT2D eigenvalue weighted by molar-refractivity contribution is 9.10. The maximum absolute atomic E-state index is 13.4. The van der Waals surface area contributed by atoms with Crippen molar-refractivity contribution in [3.05, 3.63) is 69.2 Å². The van der Waals surface area contributed by atoms with Crippen LogP contribution in [0, 0.1) is 23.3 Å². The van der Waals surface area contributed by atoms with Gasteiger partial charge in [-0.05, 0) is 51.7 Å². The largest absolute Gasteiger partial charge is 0.271 e. The van der Waals surface area contributed by atoms with Crippen LogP contribution in [0.4, 0.5) is 17.6 Å². The standard InChI is InChI=1S/C14H11BrF4N2/c15-13-7(2-1-3-9(13)16)6-12(21-20)8-4-10(17)14(19)11(18)5-8/h1-5,12,21H,6,20H2. The summed E-state index contributed by atoms with van der Waals surface area (Å²) in [6.45, 7) is 0. The summed E-state index contributed by atoms with van der Waals surface area (Å²) >= 11 is 3.10. The van der Waals surface area contributed by atoms with Gasteiger partial charge in [0.15, 0.2) is 17.5 Å². The van der Waals surface area contributed by atoms with Gasteiger partial charge in [-0.25, -0.2) is 17.6 Å². The van der Waals surface area contributed by atoms with Gasteiger partial charge >= 0.3 is 0 Å². The summed E-state index contributed by atoms with van der Waals surface area (Å²) in [5, 5.41) is 0. The van der Waals surface area contributed by atoms with Gasteiger partial charge in [0.25, 0.3) is 0 Å². The van der Waals surface area contributed by atoms with Crippen molar-refractivity contribution in [2.75, 3.05) is 0 Å². The minimum atomic E-state index is -1.54. The van der Waals surface area contributed by atoms with Gasteiger partial charge in [0.1, 0.15) is 5.82 Å². The molecule has 1 atom stereocenters. The predicted molar refractivity (Wildman–Crippen MR) is 74.2 cm³/mol. The molecule has 0 fully saturated rings. The molecule has 0 aliphatic heterocycles. The Morgan fingerprint density at radius 1 is 1.05 bits per heavy atom. The van der Waals surface area contributed by atoms with Gasteiger partial charge in [-0.3, -0.25) is 11.3 Å². The molecule has 2 aromatic carbocycles. The van der Waals surface area contributed by atoms with E-state index in [4.69, 9.17) is 5.84 Å². The van der Waals surface area contributed by atoms with E-state index in [0.29, 0.717) is 5.56 Å². The van der Waals surface area contributed by atoms with Crippen molar-refractivity contribution in [1.82, 2.24) is 5.43 Å². The number of hydrogen-bond donors (Lipinski definition) is 2. The van der Waals surface area contributed by atoms with E-state index in [0.717, 1.165) is 12.1 Å². The molecule has 2 aromatic rings. The topological polar surface area (TPSA) is 38.0 Å². The molecule has 0 spiro atoms. The number of benzene rings is 2. The van der Waals surface area contributed by atoms with E-state index < -0.39 is 29.3 Å². The Balaban J connectivity index is 2.34. The number of nitrogens with two attached hydrogens (primary N) is 1. The average Bonchev–Trinajstić information content (AvgIpc) is 2.46. The molecule has 0 aromatic heterocycles. The molecular weight excluding hydrogens is 352 g/mol. The molecule has 0 bridgehead atoms. The fourth-order valence-corrected chi connectivity index (χ4v) is 2.40. The summed E-state index contributed by atoms with van der Waals surface area (Å²) in [6, 6.07) is 5.44. The summed E-state index contributed by atoms with van der Waals surface area (Å²) in [6.07, 6.45) is 0.166. The van der Waals surface area contributed by atoms with Gasteiger partial charge in [0.05, 0.1) is 10.5 Å². The molecule has 0 radical (unpaired) electrons. The quantitative estimate of drug-likeness (QED) is 0.376. The van der Waals surface area contributed by atoms with Crippen LogP contribution in [0.3, 0.4) is 0 Å². The summed E-state index contributed by atoms with van der Waals surface area (Å²) in [4.78, 5) is 0. The molecule has 21 heavy (non-hydrogen) atoms. The van der Waals surface area contributed by atoms with Crippen molar-refractivity contribution in [1.29, 1.82) is 0 Å². The molecule has 2 rings (SSSR count). The second-order valence-electron chi connectivity index (χ2n) is 4.43. The molecule has 0 aliphatic rings. The molecular formula is C14H11BrF4N2. The average molecular weight is 363 g/mol. The molecule has 0 saturated carbocycles. The molecule has 2 nitrogen and oxygen atoms in total. The highest BCUT2D eigenvalue weighted by atomic mass is 79.9. The minimum absolute atomic E-state index is 0.130. The van der Waals surface area contributed by atoms with Gasteiger partial charge in [0, 0.05) is 0 Å². The zero-order valence-corrected chi connectivity index (χ0v) is 12.2. The van der Waals surface area contributed by atoms with E-state index in [2.05, 4.69) is 21.4 Å². The van der Waals surface area contributed by atoms with Gasteiger partial charge in [0.2, 0.25) is 0 Å². The van der Waals surface area contributed by atoms with Crippen molar-refractivity contribution in [2.45, 2.75) is 12.5 Å². The summed E-state index contributed by atoms with van der Waals surface area (Å²) in [7, 11) is 0. The molecule has 3 N–H and O–H groups in total. The Bertz CT molecular complexity index is 640. The number of rotatable bonds is 4. The number of hydrogen-bond acceptors (Lipinski definition) is 2. The molecule has 7 heteroatoms. The Morgan fingerprint density at radius 3 is 2.24 bits per heavy atom. The maximum atomic E-state index is 13.4. The van der Waals surface area contributed by atoms with Crippen LogP contribution in [0.2, 0.25) is 0 Å². The van der Waals surface area contributed by atoms with E-state index in [1.807, 2.05) is 0 Å². The third-order valence-corrected chi connectivity index (χ3v) is 3.95. The van der Waals surface area contributed by atoms with E-state index >= 15 is 0 Å². The van der Waals surface area contributed by atoms with Crippen LogP contribution >= 0.6 is 15.9 Å². The van der Waals surface area contributed by atoms with E-state index in [1.54, 1.807) is 6.07 Å². The van der Waals surface area contributed by atoms with E-state index in [-0.39, 0.29) is 16.5 Å². The molecule has 0 amide bonds. The first-order chi connectivity index (χ1) is 9.93. The predicted octanol–water partition coefficient (Wildman–Crippen LogP) is 3.75. The first-order valence-electron chi connectivity index (χ1n) is 5.97. The molecule has 0 heterocycles. The third-order valence-electron chi connectivity index (χ3n) is 3.07. The van der Waals surface area contributed by atoms with Crippen LogP contribution in [0.15, 0.2) is 34.8 Å². The lowest BCUT2D eigenvalue weighted by atomic mass is 9.99. The molecule has 1 unspecified atom stereocenters. The number of halogens is 5. The SMILES string of the molecule is NNC(Cc1cccc(F)c1Br)c1cc(F)c(F)c(F)c1. The van der Waals surface area contributed by atoms with Crippen molar-refractivity contribution in [3.8, 4) is 0 Å². The van der Waals surface area contributed by atoms with Crippen LogP contribution in [0.25, 0.3) is 0 Å². The smallest absolute Gasteiger partial charge is 0.194 e. The van der Waals surface area contributed by atoms with Gasteiger partial charge in [-0.1, -0.05) is 12.1 Å². The van der Waals surface area contributed by atoms with Crippen molar-refractivity contribution in [3.63, 3.8) is 0 Å². The van der Waals surface area contributed by atoms with Gasteiger partial charge in [-0.15, -0.1) is 0 Å². The second-order valence-corrected chi connectivity index (χ2v) is 5.23. The van der Waals surface area contributed by atoms with Crippen LogP contribution < -0.4 is 11.3 Å². The second kappa shape index (κ2) is 6.55. The summed E-state index contributed by atoms with van der Waals surface area (Å²) in [5.41, 5.74) is 3.08. The lowest BCUT2D eigenvalue weighted by Crippen LogP contribution is -2.30. The van der Waals surface area contributed by atoms with Gasteiger partial charge < -0.3 is 0 Å². The van der Waals surface area contributed by atoms with Crippen LogP contribution in [-0.4, -0.2) is 0 Å². The molecule has 112 valence electrons. The van der Waals surface area contributed by atoms with Crippen molar-refractivity contribution in [2.24, 2.45) is 5.84 Å². The fraction of sp³-hybridized carbons (Fsp3) is 0.143. The normalized spacial score (nSPS) is 12.5. The van der Waals surface area contributed by atoms with Crippen molar-refractivity contribution >= 4 is 15.9 Å². The highest BCUT2D eigenvalue weighted by Gasteiger charge is 2.18. The zero-order valence-electron chi connectivity index (χ0n) is 10.6.